The van der Waals surface area contributed by atoms with Crippen LogP contribution >= 0.6 is 11.8 Å². The zero-order chi connectivity index (χ0) is 19.2. The van der Waals surface area contributed by atoms with E-state index < -0.39 is 16.1 Å². The molecule has 0 unspecified atom stereocenters. The molecule has 6 nitrogen and oxygen atoms in total. The van der Waals surface area contributed by atoms with Gasteiger partial charge in [-0.2, -0.15) is 8.42 Å². The number of rotatable bonds is 5. The highest BCUT2D eigenvalue weighted by atomic mass is 32.2. The molecule has 0 radical (unpaired) electrons. The number of ether oxygens (including phenoxy) is 1. The van der Waals surface area contributed by atoms with Gasteiger partial charge in [-0.15, -0.1) is 0 Å². The van der Waals surface area contributed by atoms with Crippen molar-refractivity contribution in [2.45, 2.75) is 24.5 Å². The standard InChI is InChI=1S/C18H19NO5S2/c1-13-8-10-16(11-9-13)25-17(18(20)23-3)19-24-26(21,22)12-15-7-5-4-6-14(15)2/h4-11H,12H2,1-3H3/b19-17-. The largest absolute Gasteiger partial charge is 0.464 e. The number of nitrogens with zero attached hydrogens (tertiary/aromatic N) is 1. The van der Waals surface area contributed by atoms with Crippen LogP contribution in [0.25, 0.3) is 0 Å². The minimum Gasteiger partial charge on any atom is -0.464 e. The Bertz CT molecular complexity index is 905. The van der Waals surface area contributed by atoms with Crippen molar-refractivity contribution in [1.29, 1.82) is 0 Å². The average molecular weight is 393 g/mol. The lowest BCUT2D eigenvalue weighted by molar-refractivity contribution is -0.132. The van der Waals surface area contributed by atoms with Gasteiger partial charge in [-0.25, -0.2) is 4.79 Å². The fraction of sp³-hybridized carbons (Fsp3) is 0.222. The molecule has 0 saturated heterocycles. The van der Waals surface area contributed by atoms with Crippen LogP contribution in [0.2, 0.25) is 0 Å². The molecule has 0 fully saturated rings. The van der Waals surface area contributed by atoms with Gasteiger partial charge in [0.1, 0.15) is 5.75 Å². The molecule has 2 rings (SSSR count). The summed E-state index contributed by atoms with van der Waals surface area (Å²) in [5.74, 6) is -1.12. The molecule has 0 aliphatic rings. The molecule has 0 aromatic heterocycles. The van der Waals surface area contributed by atoms with E-state index in [2.05, 4.69) is 9.89 Å². The Hall–Kier alpha value is -2.32. The summed E-state index contributed by atoms with van der Waals surface area (Å²) in [7, 11) is -2.81. The van der Waals surface area contributed by atoms with Crippen LogP contribution in [-0.4, -0.2) is 26.5 Å². The van der Waals surface area contributed by atoms with Crippen molar-refractivity contribution in [3.05, 3.63) is 65.2 Å². The molecule has 0 bridgehead atoms. The van der Waals surface area contributed by atoms with Gasteiger partial charge in [-0.3, -0.25) is 4.28 Å². The average Bonchev–Trinajstić information content (AvgIpc) is 2.61. The molecule has 138 valence electrons. The van der Waals surface area contributed by atoms with Crippen molar-refractivity contribution in [1.82, 2.24) is 0 Å². The van der Waals surface area contributed by atoms with Gasteiger partial charge in [-0.05, 0) is 37.1 Å². The summed E-state index contributed by atoms with van der Waals surface area (Å²) in [4.78, 5) is 12.6. The first-order valence-electron chi connectivity index (χ1n) is 7.67. The molecule has 0 saturated carbocycles. The minimum atomic E-state index is -4.00. The molecule has 0 aliphatic carbocycles. The third kappa shape index (κ3) is 5.89. The highest BCUT2D eigenvalue weighted by Crippen LogP contribution is 2.22. The number of methoxy groups -OCH3 is 1. The number of esters is 1. The predicted molar refractivity (Wildman–Crippen MR) is 101 cm³/mol. The van der Waals surface area contributed by atoms with Crippen molar-refractivity contribution in [2.75, 3.05) is 7.11 Å². The number of hydrogen-bond donors (Lipinski definition) is 0. The van der Waals surface area contributed by atoms with E-state index in [-0.39, 0.29) is 10.8 Å². The molecule has 0 amide bonds. The van der Waals surface area contributed by atoms with E-state index in [1.54, 1.807) is 37.3 Å². The lowest BCUT2D eigenvalue weighted by atomic mass is 10.1. The third-order valence-electron chi connectivity index (χ3n) is 3.42. The molecule has 0 heterocycles. The van der Waals surface area contributed by atoms with Crippen molar-refractivity contribution < 1.29 is 22.2 Å². The third-order valence-corrected chi connectivity index (χ3v) is 5.33. The fourth-order valence-corrected chi connectivity index (χ4v) is 3.71. The van der Waals surface area contributed by atoms with Crippen LogP contribution in [0.5, 0.6) is 0 Å². The van der Waals surface area contributed by atoms with Crippen molar-refractivity contribution in [3.8, 4) is 0 Å². The Balaban J connectivity index is 2.17. The lowest BCUT2D eigenvalue weighted by Crippen LogP contribution is -2.15. The van der Waals surface area contributed by atoms with Gasteiger partial charge in [0.05, 0.1) is 7.11 Å². The second kappa shape index (κ2) is 8.86. The predicted octanol–water partition coefficient (Wildman–Crippen LogP) is 3.43. The van der Waals surface area contributed by atoms with Gasteiger partial charge in [0.2, 0.25) is 5.04 Å². The number of oxime groups is 1. The van der Waals surface area contributed by atoms with Crippen molar-refractivity contribution >= 4 is 32.9 Å². The summed E-state index contributed by atoms with van der Waals surface area (Å²) in [6.07, 6.45) is 0. The maximum Gasteiger partial charge on any atom is 0.367 e. The summed E-state index contributed by atoms with van der Waals surface area (Å²) in [6.45, 7) is 3.74. The molecule has 0 N–H and O–H groups in total. The Morgan fingerprint density at radius 2 is 1.73 bits per heavy atom. The van der Waals surface area contributed by atoms with E-state index in [0.717, 1.165) is 22.9 Å². The van der Waals surface area contributed by atoms with E-state index in [4.69, 9.17) is 4.28 Å². The van der Waals surface area contributed by atoms with Gasteiger partial charge in [0, 0.05) is 4.90 Å². The molecule has 0 spiro atoms. The second-order valence-electron chi connectivity index (χ2n) is 5.51. The summed E-state index contributed by atoms with van der Waals surface area (Å²) in [5.41, 5.74) is 2.49. The normalized spacial score (nSPS) is 11.9. The SMILES string of the molecule is COC(=O)/C(=N/OS(=O)(=O)Cc1ccccc1C)Sc1ccc(C)cc1. The Morgan fingerprint density at radius 1 is 1.08 bits per heavy atom. The molecular formula is C18H19NO5S2. The first kappa shape index (κ1) is 20.0. The zero-order valence-electron chi connectivity index (χ0n) is 14.6. The second-order valence-corrected chi connectivity index (χ2v) is 8.12. The van der Waals surface area contributed by atoms with Crippen LogP contribution in [0.15, 0.2) is 58.6 Å². The Labute approximate surface area is 157 Å². The van der Waals surface area contributed by atoms with Gasteiger partial charge in [0.25, 0.3) is 0 Å². The topological polar surface area (TPSA) is 82.0 Å². The van der Waals surface area contributed by atoms with Crippen molar-refractivity contribution in [3.63, 3.8) is 0 Å². The number of hydrogen-bond acceptors (Lipinski definition) is 7. The van der Waals surface area contributed by atoms with Crippen LogP contribution < -0.4 is 0 Å². The van der Waals surface area contributed by atoms with E-state index >= 15 is 0 Å². The fourth-order valence-electron chi connectivity index (χ4n) is 1.98. The van der Waals surface area contributed by atoms with Crippen LogP contribution in [-0.2, 0) is 29.7 Å². The summed E-state index contributed by atoms with van der Waals surface area (Å²) < 4.78 is 33.7. The number of benzene rings is 2. The first-order valence-corrected chi connectivity index (χ1v) is 10.1. The molecule has 2 aromatic rings. The van der Waals surface area contributed by atoms with Crippen LogP contribution in [0, 0.1) is 13.8 Å². The number of aryl methyl sites for hydroxylation is 2. The molecule has 8 heteroatoms. The Morgan fingerprint density at radius 3 is 2.35 bits per heavy atom. The minimum absolute atomic E-state index is 0.204. The first-order chi connectivity index (χ1) is 12.3. The van der Waals surface area contributed by atoms with E-state index in [1.165, 1.54) is 7.11 Å². The maximum absolute atomic E-state index is 12.2. The lowest BCUT2D eigenvalue weighted by Gasteiger charge is -2.07. The van der Waals surface area contributed by atoms with E-state index in [9.17, 15) is 13.2 Å². The van der Waals surface area contributed by atoms with Gasteiger partial charge >= 0.3 is 16.1 Å². The summed E-state index contributed by atoms with van der Waals surface area (Å²) >= 11 is 0.966. The van der Waals surface area contributed by atoms with Crippen LogP contribution in [0.4, 0.5) is 0 Å². The van der Waals surface area contributed by atoms with E-state index in [0.29, 0.717) is 10.5 Å². The monoisotopic (exact) mass is 393 g/mol. The smallest absolute Gasteiger partial charge is 0.367 e. The summed E-state index contributed by atoms with van der Waals surface area (Å²) in [6, 6.07) is 14.4. The van der Waals surface area contributed by atoms with Crippen LogP contribution in [0.3, 0.4) is 0 Å². The zero-order valence-corrected chi connectivity index (χ0v) is 16.3. The van der Waals surface area contributed by atoms with Gasteiger partial charge in [0.15, 0.2) is 0 Å². The quantitative estimate of drug-likeness (QED) is 0.254. The molecule has 0 atom stereocenters. The summed E-state index contributed by atoms with van der Waals surface area (Å²) in [5, 5.41) is 3.32. The van der Waals surface area contributed by atoms with Gasteiger partial charge < -0.3 is 4.74 Å². The number of carbonyl (C=O) groups is 1. The molecule has 2 aromatic carbocycles. The molecule has 26 heavy (non-hydrogen) atoms. The van der Waals surface area contributed by atoms with E-state index in [1.807, 2.05) is 25.1 Å². The Kier molecular flexibility index (Phi) is 6.82. The maximum atomic E-state index is 12.2. The molecule has 0 aliphatic heterocycles. The number of thioether (sulfide) groups is 1. The van der Waals surface area contributed by atoms with Crippen molar-refractivity contribution in [2.24, 2.45) is 5.16 Å². The molecular weight excluding hydrogens is 374 g/mol. The number of carbonyl (C=O) groups excluding carboxylic acids is 1. The van der Waals surface area contributed by atoms with Crippen LogP contribution in [0.1, 0.15) is 16.7 Å². The van der Waals surface area contributed by atoms with Gasteiger partial charge in [-0.1, -0.05) is 58.9 Å². The highest BCUT2D eigenvalue weighted by Gasteiger charge is 2.19. The highest BCUT2D eigenvalue weighted by molar-refractivity contribution is 8.15.